The lowest BCUT2D eigenvalue weighted by atomic mass is 9.97. The Kier molecular flexibility index (Phi) is 5.63. The molecule has 126 valence electrons. The summed E-state index contributed by atoms with van der Waals surface area (Å²) in [5.74, 6) is -0.591. The number of hydrogen-bond acceptors (Lipinski definition) is 2. The maximum atomic E-state index is 13.0. The van der Waals surface area contributed by atoms with Crippen molar-refractivity contribution in [2.75, 3.05) is 6.54 Å². The Bertz CT molecular complexity index is 608. The normalized spacial score (nSPS) is 20.6. The number of benzene rings is 1. The van der Waals surface area contributed by atoms with Crippen LogP contribution in [0.25, 0.3) is 0 Å². The third-order valence-corrected chi connectivity index (χ3v) is 4.70. The Hall–Kier alpha value is -1.62. The summed E-state index contributed by atoms with van der Waals surface area (Å²) < 4.78 is 13.0. The summed E-state index contributed by atoms with van der Waals surface area (Å²) in [4.78, 5) is 26.5. The first kappa shape index (κ1) is 17.7. The summed E-state index contributed by atoms with van der Waals surface area (Å²) in [5, 5.41) is 3.11. The van der Waals surface area contributed by atoms with Gasteiger partial charge in [-0.15, -0.1) is 0 Å². The van der Waals surface area contributed by atoms with E-state index >= 15 is 0 Å². The Labute approximate surface area is 141 Å². The molecule has 1 aliphatic rings. The van der Waals surface area contributed by atoms with E-state index in [1.165, 1.54) is 12.1 Å². The van der Waals surface area contributed by atoms with Gasteiger partial charge in [0.1, 0.15) is 11.4 Å². The van der Waals surface area contributed by atoms with Crippen LogP contribution in [-0.2, 0) is 16.1 Å². The molecule has 1 heterocycles. The molecule has 1 aromatic rings. The lowest BCUT2D eigenvalue weighted by molar-refractivity contribution is -0.144. The van der Waals surface area contributed by atoms with Gasteiger partial charge in [-0.1, -0.05) is 24.6 Å². The monoisotopic (exact) mass is 340 g/mol. The fourth-order valence-corrected chi connectivity index (χ4v) is 3.21. The molecular formula is C17H22ClFN2O2. The highest BCUT2D eigenvalue weighted by atomic mass is 35.5. The molecule has 1 aromatic carbocycles. The Balaban J connectivity index is 2.05. The Morgan fingerprint density at radius 2 is 2.17 bits per heavy atom. The summed E-state index contributed by atoms with van der Waals surface area (Å²) in [6.07, 6.45) is 2.67. The molecule has 0 bridgehead atoms. The van der Waals surface area contributed by atoms with Gasteiger partial charge in [0, 0.05) is 24.5 Å². The summed E-state index contributed by atoms with van der Waals surface area (Å²) in [6, 6.07) is 4.08. The van der Waals surface area contributed by atoms with Crippen LogP contribution in [-0.4, -0.2) is 28.8 Å². The van der Waals surface area contributed by atoms with Gasteiger partial charge in [0.05, 0.1) is 0 Å². The van der Waals surface area contributed by atoms with Crippen LogP contribution >= 0.6 is 11.6 Å². The molecule has 23 heavy (non-hydrogen) atoms. The Morgan fingerprint density at radius 1 is 1.43 bits per heavy atom. The molecule has 4 nitrogen and oxygen atoms in total. The third kappa shape index (κ3) is 3.83. The van der Waals surface area contributed by atoms with Crippen molar-refractivity contribution >= 4 is 23.4 Å². The van der Waals surface area contributed by atoms with Crippen molar-refractivity contribution in [1.29, 1.82) is 0 Å². The van der Waals surface area contributed by atoms with Gasteiger partial charge in [-0.3, -0.25) is 9.59 Å². The zero-order valence-electron chi connectivity index (χ0n) is 13.5. The van der Waals surface area contributed by atoms with Crippen molar-refractivity contribution in [2.24, 2.45) is 0 Å². The molecule has 1 fully saturated rings. The zero-order valence-corrected chi connectivity index (χ0v) is 14.3. The molecule has 0 spiro atoms. The number of nitrogens with zero attached hydrogens (tertiary/aromatic N) is 1. The average molecular weight is 341 g/mol. The van der Waals surface area contributed by atoms with E-state index in [0.717, 1.165) is 12.8 Å². The van der Waals surface area contributed by atoms with Crippen molar-refractivity contribution in [2.45, 2.75) is 51.6 Å². The summed E-state index contributed by atoms with van der Waals surface area (Å²) in [5.41, 5.74) is -0.173. The highest BCUT2D eigenvalue weighted by Gasteiger charge is 2.45. The van der Waals surface area contributed by atoms with E-state index in [1.54, 1.807) is 17.9 Å². The summed E-state index contributed by atoms with van der Waals surface area (Å²) in [7, 11) is 0. The first-order chi connectivity index (χ1) is 10.9. The maximum absolute atomic E-state index is 13.0. The first-order valence-corrected chi connectivity index (χ1v) is 8.29. The van der Waals surface area contributed by atoms with E-state index in [2.05, 4.69) is 5.32 Å². The molecule has 1 aliphatic heterocycles. The fraction of sp³-hybridized carbons (Fsp3) is 0.529. The second-order valence-corrected chi connectivity index (χ2v) is 6.50. The standard InChI is InChI=1S/C17H22ClFN2O2/c1-3-5-15(22)21-9-4-8-17(21,2)16(23)20-11-12-6-7-13(19)10-14(12)18/h6-7,10H,3-5,8-9,11H2,1-2H3,(H,20,23). The number of amides is 2. The molecule has 0 aromatic heterocycles. The number of likely N-dealkylation sites (tertiary alicyclic amines) is 1. The van der Waals surface area contributed by atoms with Crippen molar-refractivity contribution < 1.29 is 14.0 Å². The maximum Gasteiger partial charge on any atom is 0.245 e. The largest absolute Gasteiger partial charge is 0.350 e. The van der Waals surface area contributed by atoms with Crippen LogP contribution in [0.2, 0.25) is 5.02 Å². The molecule has 1 saturated heterocycles. The fourth-order valence-electron chi connectivity index (χ4n) is 2.98. The van der Waals surface area contributed by atoms with Gasteiger partial charge in [-0.25, -0.2) is 4.39 Å². The molecule has 0 saturated carbocycles. The van der Waals surface area contributed by atoms with Gasteiger partial charge in [-0.2, -0.15) is 0 Å². The number of halogens is 2. The molecule has 2 amide bonds. The van der Waals surface area contributed by atoms with Crippen LogP contribution in [0.15, 0.2) is 18.2 Å². The quantitative estimate of drug-likeness (QED) is 0.894. The lowest BCUT2D eigenvalue weighted by Gasteiger charge is -2.34. The number of carbonyl (C=O) groups excluding carboxylic acids is 2. The topological polar surface area (TPSA) is 49.4 Å². The van der Waals surface area contributed by atoms with Crippen LogP contribution in [0.4, 0.5) is 4.39 Å². The number of carbonyl (C=O) groups is 2. The first-order valence-electron chi connectivity index (χ1n) is 7.91. The van der Waals surface area contributed by atoms with Gasteiger partial charge < -0.3 is 10.2 Å². The molecule has 2 rings (SSSR count). The second-order valence-electron chi connectivity index (χ2n) is 6.09. The van der Waals surface area contributed by atoms with Crippen LogP contribution in [0, 0.1) is 5.82 Å². The van der Waals surface area contributed by atoms with E-state index in [1.807, 2.05) is 6.92 Å². The molecule has 1 unspecified atom stereocenters. The van der Waals surface area contributed by atoms with Crippen molar-refractivity contribution in [3.63, 3.8) is 0 Å². The van der Waals surface area contributed by atoms with Crippen LogP contribution in [0.1, 0.15) is 45.1 Å². The summed E-state index contributed by atoms with van der Waals surface area (Å²) >= 11 is 5.97. The molecular weight excluding hydrogens is 319 g/mol. The highest BCUT2D eigenvalue weighted by molar-refractivity contribution is 6.31. The molecule has 0 aliphatic carbocycles. The third-order valence-electron chi connectivity index (χ3n) is 4.35. The lowest BCUT2D eigenvalue weighted by Crippen LogP contribution is -2.55. The number of rotatable bonds is 5. The van der Waals surface area contributed by atoms with Gasteiger partial charge >= 0.3 is 0 Å². The molecule has 1 atom stereocenters. The van der Waals surface area contributed by atoms with E-state index in [9.17, 15) is 14.0 Å². The van der Waals surface area contributed by atoms with E-state index in [4.69, 9.17) is 11.6 Å². The smallest absolute Gasteiger partial charge is 0.245 e. The second kappa shape index (κ2) is 7.30. The number of hydrogen-bond donors (Lipinski definition) is 1. The minimum atomic E-state index is -0.821. The predicted octanol–water partition coefficient (Wildman–Crippen LogP) is 3.28. The Morgan fingerprint density at radius 3 is 2.83 bits per heavy atom. The van der Waals surface area contributed by atoms with Gasteiger partial charge in [0.2, 0.25) is 11.8 Å². The molecule has 1 N–H and O–H groups in total. The molecule has 6 heteroatoms. The van der Waals surface area contributed by atoms with Crippen LogP contribution < -0.4 is 5.32 Å². The van der Waals surface area contributed by atoms with E-state index < -0.39 is 11.4 Å². The van der Waals surface area contributed by atoms with Gasteiger partial charge in [0.15, 0.2) is 0 Å². The van der Waals surface area contributed by atoms with E-state index in [0.29, 0.717) is 24.9 Å². The summed E-state index contributed by atoms with van der Waals surface area (Å²) in [6.45, 7) is 4.57. The van der Waals surface area contributed by atoms with Crippen LogP contribution in [0.5, 0.6) is 0 Å². The van der Waals surface area contributed by atoms with E-state index in [-0.39, 0.29) is 23.4 Å². The minimum absolute atomic E-state index is 0.0162. The van der Waals surface area contributed by atoms with Crippen molar-refractivity contribution in [3.8, 4) is 0 Å². The van der Waals surface area contributed by atoms with Crippen LogP contribution in [0.3, 0.4) is 0 Å². The zero-order chi connectivity index (χ0) is 17.0. The average Bonchev–Trinajstić information content (AvgIpc) is 2.89. The number of nitrogens with one attached hydrogen (secondary N) is 1. The van der Waals surface area contributed by atoms with Crippen molar-refractivity contribution in [3.05, 3.63) is 34.6 Å². The van der Waals surface area contributed by atoms with Gasteiger partial charge in [-0.05, 0) is 43.9 Å². The minimum Gasteiger partial charge on any atom is -0.350 e. The highest BCUT2D eigenvalue weighted by Crippen LogP contribution is 2.30. The van der Waals surface area contributed by atoms with Gasteiger partial charge in [0.25, 0.3) is 0 Å². The SMILES string of the molecule is CCCC(=O)N1CCCC1(C)C(=O)NCc1ccc(F)cc1Cl. The predicted molar refractivity (Wildman–Crippen MR) is 87.5 cm³/mol. The van der Waals surface area contributed by atoms with Crippen molar-refractivity contribution in [1.82, 2.24) is 10.2 Å². The molecule has 0 radical (unpaired) electrons.